The third-order valence-electron chi connectivity index (χ3n) is 2.64. The molecule has 1 aliphatic rings. The van der Waals surface area contributed by atoms with E-state index in [1.54, 1.807) is 0 Å². The minimum atomic E-state index is -0.433. The van der Waals surface area contributed by atoms with Gasteiger partial charge in [0.2, 0.25) is 0 Å². The van der Waals surface area contributed by atoms with Crippen molar-refractivity contribution >= 4 is 53.6 Å². The number of carbonyl (C=O) groups is 1. The van der Waals surface area contributed by atoms with Crippen molar-refractivity contribution in [2.45, 2.75) is 25.6 Å². The van der Waals surface area contributed by atoms with Crippen LogP contribution in [0.3, 0.4) is 0 Å². The molecule has 0 bridgehead atoms. The third-order valence-corrected chi connectivity index (χ3v) is 4.27. The highest BCUT2D eigenvalue weighted by molar-refractivity contribution is 9.11. The molecule has 0 spiro atoms. The van der Waals surface area contributed by atoms with Gasteiger partial charge < -0.3 is 9.47 Å². The van der Waals surface area contributed by atoms with Crippen LogP contribution in [0.25, 0.3) is 0 Å². The second kappa shape index (κ2) is 6.03. The standard InChI is InChI=1S/C12H11Br3O3/c1-2-17-12-9(16)5-10(12)18-11-7(14)3-6(13)4-8(11)15/h3-4,10,12H,2,5H2,1H3. The molecule has 2 rings (SSSR count). The lowest BCUT2D eigenvalue weighted by molar-refractivity contribution is -0.154. The van der Waals surface area contributed by atoms with Crippen LogP contribution in [0.4, 0.5) is 0 Å². The van der Waals surface area contributed by atoms with E-state index in [0.29, 0.717) is 18.8 Å². The molecule has 98 valence electrons. The van der Waals surface area contributed by atoms with Gasteiger partial charge in [-0.3, -0.25) is 4.79 Å². The van der Waals surface area contributed by atoms with Gasteiger partial charge in [-0.25, -0.2) is 0 Å². The Hall–Kier alpha value is 0.0900. The number of ketones is 1. The Morgan fingerprint density at radius 3 is 2.39 bits per heavy atom. The average Bonchev–Trinajstić information content (AvgIpc) is 2.29. The summed E-state index contributed by atoms with van der Waals surface area (Å²) in [5.41, 5.74) is 0. The van der Waals surface area contributed by atoms with Gasteiger partial charge in [0.25, 0.3) is 0 Å². The number of carbonyl (C=O) groups excluding carboxylic acids is 1. The highest BCUT2D eigenvalue weighted by Gasteiger charge is 2.42. The molecule has 0 amide bonds. The summed E-state index contributed by atoms with van der Waals surface area (Å²) in [6.07, 6.45) is -0.233. The maximum atomic E-state index is 11.4. The maximum Gasteiger partial charge on any atom is 0.169 e. The van der Waals surface area contributed by atoms with Crippen LogP contribution in [0.2, 0.25) is 0 Å². The van der Waals surface area contributed by atoms with Crippen LogP contribution < -0.4 is 4.74 Å². The molecule has 1 fully saturated rings. The van der Waals surface area contributed by atoms with Crippen molar-refractivity contribution < 1.29 is 14.3 Å². The van der Waals surface area contributed by atoms with E-state index in [9.17, 15) is 4.79 Å². The molecule has 6 heteroatoms. The molecule has 18 heavy (non-hydrogen) atoms. The molecule has 1 saturated carbocycles. The molecule has 0 aliphatic heterocycles. The van der Waals surface area contributed by atoms with Gasteiger partial charge in [0.15, 0.2) is 11.9 Å². The van der Waals surface area contributed by atoms with Gasteiger partial charge in [0, 0.05) is 17.5 Å². The zero-order valence-electron chi connectivity index (χ0n) is 9.58. The van der Waals surface area contributed by atoms with Crippen LogP contribution in [-0.4, -0.2) is 24.6 Å². The fourth-order valence-corrected chi connectivity index (χ4v) is 4.19. The number of benzene rings is 1. The Morgan fingerprint density at radius 1 is 1.28 bits per heavy atom. The van der Waals surface area contributed by atoms with Gasteiger partial charge in [-0.2, -0.15) is 0 Å². The summed E-state index contributed by atoms with van der Waals surface area (Å²) in [5, 5.41) is 0. The number of ether oxygens (including phenoxy) is 2. The molecular weight excluding hydrogens is 432 g/mol. The van der Waals surface area contributed by atoms with Crippen LogP contribution >= 0.6 is 47.8 Å². The van der Waals surface area contributed by atoms with Crippen molar-refractivity contribution in [2.24, 2.45) is 0 Å². The Morgan fingerprint density at radius 2 is 1.89 bits per heavy atom. The summed E-state index contributed by atoms with van der Waals surface area (Å²) in [5.74, 6) is 0.798. The van der Waals surface area contributed by atoms with E-state index in [-0.39, 0.29) is 11.9 Å². The second-order valence-corrected chi connectivity index (χ2v) is 6.53. The van der Waals surface area contributed by atoms with Gasteiger partial charge >= 0.3 is 0 Å². The van der Waals surface area contributed by atoms with Gasteiger partial charge in [-0.05, 0) is 50.9 Å². The van der Waals surface area contributed by atoms with Crippen LogP contribution in [0, 0.1) is 0 Å². The zero-order valence-corrected chi connectivity index (χ0v) is 14.3. The van der Waals surface area contributed by atoms with Crippen molar-refractivity contribution in [3.63, 3.8) is 0 Å². The summed E-state index contributed by atoms with van der Waals surface area (Å²) in [6.45, 7) is 2.38. The number of hydrogen-bond donors (Lipinski definition) is 0. The van der Waals surface area contributed by atoms with E-state index >= 15 is 0 Å². The number of halogens is 3. The summed E-state index contributed by atoms with van der Waals surface area (Å²) in [6, 6.07) is 3.80. The topological polar surface area (TPSA) is 35.5 Å². The van der Waals surface area contributed by atoms with Crippen molar-refractivity contribution in [3.8, 4) is 5.75 Å². The maximum absolute atomic E-state index is 11.4. The van der Waals surface area contributed by atoms with E-state index in [4.69, 9.17) is 9.47 Å². The van der Waals surface area contributed by atoms with Gasteiger partial charge in [0.1, 0.15) is 11.9 Å². The Kier molecular flexibility index (Phi) is 4.86. The highest BCUT2D eigenvalue weighted by Crippen LogP contribution is 2.39. The Balaban J connectivity index is 2.13. The number of hydrogen-bond acceptors (Lipinski definition) is 3. The lowest BCUT2D eigenvalue weighted by atomic mass is 9.90. The minimum Gasteiger partial charge on any atom is -0.484 e. The van der Waals surface area contributed by atoms with Crippen LogP contribution in [0.15, 0.2) is 25.6 Å². The summed E-state index contributed by atoms with van der Waals surface area (Å²) >= 11 is 10.3. The number of Topliss-reactive ketones (excluding diaryl/α,β-unsaturated/α-hetero) is 1. The third kappa shape index (κ3) is 2.98. The lowest BCUT2D eigenvalue weighted by Gasteiger charge is -2.34. The van der Waals surface area contributed by atoms with E-state index in [1.807, 2.05) is 19.1 Å². The van der Waals surface area contributed by atoms with E-state index in [1.165, 1.54) is 0 Å². The molecule has 1 aromatic carbocycles. The molecule has 2 unspecified atom stereocenters. The molecular formula is C12H11Br3O3. The van der Waals surface area contributed by atoms with Crippen molar-refractivity contribution in [2.75, 3.05) is 6.61 Å². The van der Waals surface area contributed by atoms with Crippen LogP contribution in [-0.2, 0) is 9.53 Å². The molecule has 3 nitrogen and oxygen atoms in total. The molecule has 0 saturated heterocycles. The quantitative estimate of drug-likeness (QED) is 0.704. The molecule has 2 atom stereocenters. The predicted molar refractivity (Wildman–Crippen MR) is 79.0 cm³/mol. The van der Waals surface area contributed by atoms with Crippen LogP contribution in [0.5, 0.6) is 5.75 Å². The zero-order chi connectivity index (χ0) is 13.3. The van der Waals surface area contributed by atoms with E-state index < -0.39 is 6.10 Å². The van der Waals surface area contributed by atoms with E-state index in [0.717, 1.165) is 13.4 Å². The smallest absolute Gasteiger partial charge is 0.169 e. The van der Waals surface area contributed by atoms with Crippen molar-refractivity contribution in [1.29, 1.82) is 0 Å². The normalized spacial score (nSPS) is 22.8. The van der Waals surface area contributed by atoms with Crippen LogP contribution in [0.1, 0.15) is 13.3 Å². The molecule has 0 radical (unpaired) electrons. The predicted octanol–water partition coefficient (Wildman–Crippen LogP) is 4.10. The second-order valence-electron chi connectivity index (χ2n) is 3.90. The van der Waals surface area contributed by atoms with Gasteiger partial charge in [0.05, 0.1) is 8.95 Å². The Bertz CT molecular complexity index is 453. The first kappa shape index (κ1) is 14.5. The first-order valence-corrected chi connectivity index (χ1v) is 7.86. The Labute approximate surface area is 131 Å². The van der Waals surface area contributed by atoms with Crippen molar-refractivity contribution in [3.05, 3.63) is 25.6 Å². The minimum absolute atomic E-state index is 0.103. The number of rotatable bonds is 4. The first-order chi connectivity index (χ1) is 8.52. The fourth-order valence-electron chi connectivity index (χ4n) is 1.74. The SMILES string of the molecule is CCOC1C(=O)CC1Oc1c(Br)cc(Br)cc1Br. The fraction of sp³-hybridized carbons (Fsp3) is 0.417. The monoisotopic (exact) mass is 440 g/mol. The largest absolute Gasteiger partial charge is 0.484 e. The van der Waals surface area contributed by atoms with Gasteiger partial charge in [-0.1, -0.05) is 15.9 Å². The summed E-state index contributed by atoms with van der Waals surface area (Å²) < 4.78 is 13.8. The highest BCUT2D eigenvalue weighted by atomic mass is 79.9. The summed E-state index contributed by atoms with van der Waals surface area (Å²) in [4.78, 5) is 11.4. The summed E-state index contributed by atoms with van der Waals surface area (Å²) in [7, 11) is 0. The van der Waals surface area contributed by atoms with Gasteiger partial charge in [-0.15, -0.1) is 0 Å². The lowest BCUT2D eigenvalue weighted by Crippen LogP contribution is -2.52. The first-order valence-electron chi connectivity index (χ1n) is 5.48. The van der Waals surface area contributed by atoms with E-state index in [2.05, 4.69) is 47.8 Å². The molecule has 0 heterocycles. The molecule has 0 N–H and O–H groups in total. The molecule has 1 aromatic rings. The molecule has 0 aromatic heterocycles. The average molecular weight is 443 g/mol. The van der Waals surface area contributed by atoms with Crippen molar-refractivity contribution in [1.82, 2.24) is 0 Å². The molecule has 1 aliphatic carbocycles.